The van der Waals surface area contributed by atoms with Crippen molar-refractivity contribution in [2.24, 2.45) is 0 Å². The van der Waals surface area contributed by atoms with Crippen LogP contribution in [0.15, 0.2) is 57.4 Å². The van der Waals surface area contributed by atoms with Gasteiger partial charge in [0.15, 0.2) is 0 Å². The molecule has 3 aromatic rings. The van der Waals surface area contributed by atoms with E-state index in [0.29, 0.717) is 23.3 Å². The molecule has 1 aromatic heterocycles. The van der Waals surface area contributed by atoms with E-state index in [0.717, 1.165) is 20.3 Å². The molecule has 1 aliphatic rings. The Morgan fingerprint density at radius 1 is 1.04 bits per heavy atom. The summed E-state index contributed by atoms with van der Waals surface area (Å²) in [4.78, 5) is 37.4. The molecule has 0 spiro atoms. The van der Waals surface area contributed by atoms with Gasteiger partial charge in [0, 0.05) is 16.3 Å². The van der Waals surface area contributed by atoms with Gasteiger partial charge in [-0.25, -0.2) is 0 Å². The number of nitrogens with zero attached hydrogens (tertiary/aromatic N) is 1. The molecule has 1 aliphatic heterocycles. The minimum Gasteiger partial charge on any atom is -0.464 e. The molecule has 2 aromatic carbocycles. The van der Waals surface area contributed by atoms with Crippen LogP contribution in [0.3, 0.4) is 0 Å². The molecule has 0 bridgehead atoms. The highest BCUT2D eigenvalue weighted by Crippen LogP contribution is 2.24. The monoisotopic (exact) mass is 427 g/mol. The van der Waals surface area contributed by atoms with Crippen molar-refractivity contribution in [2.45, 2.75) is 6.42 Å². The van der Waals surface area contributed by atoms with Crippen LogP contribution in [0.25, 0.3) is 11.0 Å². The zero-order valence-corrected chi connectivity index (χ0v) is 15.7. The molecular weight excluding hydrogens is 414 g/mol. The normalized spacial score (nSPS) is 13.3. The molecule has 0 radical (unpaired) electrons. The quantitative estimate of drug-likeness (QED) is 0.459. The van der Waals surface area contributed by atoms with Crippen molar-refractivity contribution in [3.63, 3.8) is 0 Å². The SMILES string of the molecule is O=C(CN1C(=O)c2ccccc2C1=O)OCCc1cc2cc(Br)ccc2o1. The van der Waals surface area contributed by atoms with Crippen LogP contribution in [0.5, 0.6) is 0 Å². The first kappa shape index (κ1) is 17.5. The second-order valence-electron chi connectivity index (χ2n) is 6.11. The molecule has 0 atom stereocenters. The van der Waals surface area contributed by atoms with Gasteiger partial charge in [-0.05, 0) is 36.4 Å². The third kappa shape index (κ3) is 3.38. The lowest BCUT2D eigenvalue weighted by Crippen LogP contribution is -2.35. The van der Waals surface area contributed by atoms with E-state index in [1.807, 2.05) is 24.3 Å². The van der Waals surface area contributed by atoms with Crippen molar-refractivity contribution in [1.29, 1.82) is 0 Å². The fourth-order valence-electron chi connectivity index (χ4n) is 3.02. The third-order valence-electron chi connectivity index (χ3n) is 4.31. The number of ether oxygens (including phenoxy) is 1. The Labute approximate surface area is 162 Å². The van der Waals surface area contributed by atoms with Gasteiger partial charge in [0.05, 0.1) is 17.7 Å². The number of rotatable bonds is 5. The predicted molar refractivity (Wildman–Crippen MR) is 100 cm³/mol. The van der Waals surface area contributed by atoms with E-state index >= 15 is 0 Å². The number of fused-ring (bicyclic) bond motifs is 2. The molecule has 4 rings (SSSR count). The molecule has 136 valence electrons. The average Bonchev–Trinajstić information content (AvgIpc) is 3.16. The molecule has 2 amide bonds. The van der Waals surface area contributed by atoms with Gasteiger partial charge in [-0.15, -0.1) is 0 Å². The molecule has 0 saturated heterocycles. The molecule has 2 heterocycles. The minimum atomic E-state index is -0.636. The Kier molecular flexibility index (Phi) is 4.53. The predicted octanol–water partition coefficient (Wildman–Crippen LogP) is 3.58. The summed E-state index contributed by atoms with van der Waals surface area (Å²) in [5.41, 5.74) is 1.37. The molecule has 27 heavy (non-hydrogen) atoms. The number of furan rings is 1. The molecular formula is C20H14BrNO5. The fraction of sp³-hybridized carbons (Fsp3) is 0.150. The fourth-order valence-corrected chi connectivity index (χ4v) is 3.39. The molecule has 6 nitrogen and oxygen atoms in total. The highest BCUT2D eigenvalue weighted by atomic mass is 79.9. The van der Waals surface area contributed by atoms with Gasteiger partial charge in [-0.3, -0.25) is 19.3 Å². The van der Waals surface area contributed by atoms with Crippen molar-refractivity contribution in [1.82, 2.24) is 4.90 Å². The van der Waals surface area contributed by atoms with E-state index in [1.54, 1.807) is 24.3 Å². The summed E-state index contributed by atoms with van der Waals surface area (Å²) in [6, 6.07) is 14.1. The first-order valence-corrected chi connectivity index (χ1v) is 9.11. The standard InChI is InChI=1S/C20H14BrNO5/c21-13-5-6-17-12(9-13)10-14(27-17)7-8-26-18(23)11-22-19(24)15-3-1-2-4-16(15)20(22)25/h1-6,9-10H,7-8,11H2. The molecule has 0 fully saturated rings. The molecule has 0 aliphatic carbocycles. The van der Waals surface area contributed by atoms with Crippen LogP contribution in [0, 0.1) is 0 Å². The van der Waals surface area contributed by atoms with Crippen LogP contribution >= 0.6 is 15.9 Å². The van der Waals surface area contributed by atoms with Gasteiger partial charge in [-0.1, -0.05) is 28.1 Å². The highest BCUT2D eigenvalue weighted by Gasteiger charge is 2.36. The molecule has 7 heteroatoms. The van der Waals surface area contributed by atoms with E-state index in [2.05, 4.69) is 15.9 Å². The van der Waals surface area contributed by atoms with Crippen molar-refractivity contribution in [2.75, 3.05) is 13.2 Å². The Bertz CT molecular complexity index is 1040. The number of halogens is 1. The smallest absolute Gasteiger partial charge is 0.326 e. The number of hydrogen-bond acceptors (Lipinski definition) is 5. The van der Waals surface area contributed by atoms with Crippen LogP contribution in [0.2, 0.25) is 0 Å². The van der Waals surface area contributed by atoms with Crippen LogP contribution < -0.4 is 0 Å². The van der Waals surface area contributed by atoms with Gasteiger partial charge in [-0.2, -0.15) is 0 Å². The van der Waals surface area contributed by atoms with Crippen LogP contribution in [-0.4, -0.2) is 35.8 Å². The lowest BCUT2D eigenvalue weighted by Gasteiger charge is -2.12. The second kappa shape index (κ2) is 7.00. The third-order valence-corrected chi connectivity index (χ3v) is 4.80. The molecule has 0 unspecified atom stereocenters. The minimum absolute atomic E-state index is 0.100. The van der Waals surface area contributed by atoms with Crippen molar-refractivity contribution >= 4 is 44.7 Å². The van der Waals surface area contributed by atoms with Crippen LogP contribution in [0.4, 0.5) is 0 Å². The number of carbonyl (C=O) groups is 3. The summed E-state index contributed by atoms with van der Waals surface area (Å²) in [7, 11) is 0. The number of esters is 1. The largest absolute Gasteiger partial charge is 0.464 e. The van der Waals surface area contributed by atoms with E-state index in [4.69, 9.17) is 9.15 Å². The topological polar surface area (TPSA) is 76.8 Å². The summed E-state index contributed by atoms with van der Waals surface area (Å²) >= 11 is 3.40. The number of amides is 2. The lowest BCUT2D eigenvalue weighted by molar-refractivity contribution is -0.143. The number of imide groups is 1. The van der Waals surface area contributed by atoms with Gasteiger partial charge < -0.3 is 9.15 Å². The maximum atomic E-state index is 12.2. The second-order valence-corrected chi connectivity index (χ2v) is 7.02. The van der Waals surface area contributed by atoms with E-state index in [-0.39, 0.29) is 6.61 Å². The Morgan fingerprint density at radius 3 is 2.44 bits per heavy atom. The Morgan fingerprint density at radius 2 is 1.74 bits per heavy atom. The summed E-state index contributed by atoms with van der Waals surface area (Å²) in [5.74, 6) is -0.897. The molecule has 0 saturated carbocycles. The molecule has 0 N–H and O–H groups in total. The van der Waals surface area contributed by atoms with Gasteiger partial charge in [0.2, 0.25) is 0 Å². The first-order chi connectivity index (χ1) is 13.0. The highest BCUT2D eigenvalue weighted by molar-refractivity contribution is 9.10. The van der Waals surface area contributed by atoms with Gasteiger partial charge in [0.1, 0.15) is 17.9 Å². The van der Waals surface area contributed by atoms with Crippen molar-refractivity contribution in [3.05, 3.63) is 69.9 Å². The Balaban J connectivity index is 1.33. The summed E-state index contributed by atoms with van der Waals surface area (Å²) in [5, 5.41) is 0.955. The van der Waals surface area contributed by atoms with E-state index < -0.39 is 24.3 Å². The number of benzene rings is 2. The maximum absolute atomic E-state index is 12.2. The first-order valence-electron chi connectivity index (χ1n) is 8.32. The summed E-state index contributed by atoms with van der Waals surface area (Å²) in [6.45, 7) is -0.303. The Hall–Kier alpha value is -2.93. The number of carbonyl (C=O) groups excluding carboxylic acids is 3. The lowest BCUT2D eigenvalue weighted by atomic mass is 10.1. The van der Waals surface area contributed by atoms with E-state index in [9.17, 15) is 14.4 Å². The average molecular weight is 428 g/mol. The summed E-state index contributed by atoms with van der Waals surface area (Å²) < 4.78 is 11.8. The van der Waals surface area contributed by atoms with Crippen molar-refractivity contribution < 1.29 is 23.5 Å². The zero-order valence-electron chi connectivity index (χ0n) is 14.1. The zero-order chi connectivity index (χ0) is 19.0. The number of hydrogen-bond donors (Lipinski definition) is 0. The van der Waals surface area contributed by atoms with Crippen LogP contribution in [0.1, 0.15) is 26.5 Å². The maximum Gasteiger partial charge on any atom is 0.326 e. The van der Waals surface area contributed by atoms with Gasteiger partial charge >= 0.3 is 5.97 Å². The van der Waals surface area contributed by atoms with E-state index in [1.165, 1.54) is 0 Å². The summed E-state index contributed by atoms with van der Waals surface area (Å²) in [6.07, 6.45) is 0.403. The van der Waals surface area contributed by atoms with Crippen molar-refractivity contribution in [3.8, 4) is 0 Å². The van der Waals surface area contributed by atoms with Crippen LogP contribution in [-0.2, 0) is 16.0 Å². The van der Waals surface area contributed by atoms with Gasteiger partial charge in [0.25, 0.3) is 11.8 Å².